The minimum Gasteiger partial charge on any atom is -0.377 e. The summed E-state index contributed by atoms with van der Waals surface area (Å²) in [7, 11) is 0. The number of hydrogen-bond donors (Lipinski definition) is 2. The summed E-state index contributed by atoms with van der Waals surface area (Å²) in [5, 5.41) is 0. The Morgan fingerprint density at radius 1 is 1.33 bits per heavy atom. The number of ether oxygens (including phenoxy) is 1. The third-order valence-corrected chi connectivity index (χ3v) is 2.05. The second kappa shape index (κ2) is 7.53. The van der Waals surface area contributed by atoms with E-state index in [9.17, 15) is 0 Å². The standard InChI is InChI=1S/C9H22N2O/c1-4-7-8(11-10)9(5-2)12-6-3/h8-9,11H,4-7,10H2,1-3H3. The van der Waals surface area contributed by atoms with E-state index < -0.39 is 0 Å². The molecule has 0 radical (unpaired) electrons. The Hall–Kier alpha value is -0.120. The third-order valence-electron chi connectivity index (χ3n) is 2.05. The van der Waals surface area contributed by atoms with Crippen LogP contribution in [-0.2, 0) is 4.74 Å². The number of hydrogen-bond acceptors (Lipinski definition) is 3. The highest BCUT2D eigenvalue weighted by molar-refractivity contribution is 4.73. The van der Waals surface area contributed by atoms with E-state index in [0.29, 0.717) is 6.04 Å². The first-order valence-electron chi connectivity index (χ1n) is 4.87. The topological polar surface area (TPSA) is 47.3 Å². The van der Waals surface area contributed by atoms with Crippen LogP contribution in [0, 0.1) is 0 Å². The molecule has 74 valence electrons. The Bertz CT molecular complexity index is 86.5. The Labute approximate surface area is 75.6 Å². The molecular formula is C9H22N2O. The molecule has 0 amide bonds. The van der Waals surface area contributed by atoms with Gasteiger partial charge in [-0.25, -0.2) is 0 Å². The molecule has 0 aromatic heterocycles. The summed E-state index contributed by atoms with van der Waals surface area (Å²) in [6.07, 6.45) is 3.50. The first-order valence-corrected chi connectivity index (χ1v) is 4.87. The number of nitrogens with one attached hydrogen (secondary N) is 1. The van der Waals surface area contributed by atoms with E-state index >= 15 is 0 Å². The predicted molar refractivity (Wildman–Crippen MR) is 51.7 cm³/mol. The zero-order chi connectivity index (χ0) is 9.40. The van der Waals surface area contributed by atoms with Gasteiger partial charge in [0.2, 0.25) is 0 Å². The molecule has 0 aliphatic heterocycles. The summed E-state index contributed by atoms with van der Waals surface area (Å²) in [5.41, 5.74) is 2.81. The first-order chi connectivity index (χ1) is 5.79. The molecule has 0 spiro atoms. The number of hydrazine groups is 1. The average Bonchev–Trinajstić information content (AvgIpc) is 2.11. The molecule has 0 aromatic rings. The van der Waals surface area contributed by atoms with Crippen molar-refractivity contribution in [2.45, 2.75) is 52.2 Å². The van der Waals surface area contributed by atoms with E-state index in [1.807, 2.05) is 6.92 Å². The molecule has 3 heteroatoms. The van der Waals surface area contributed by atoms with Gasteiger partial charge in [-0.1, -0.05) is 20.3 Å². The molecule has 0 saturated carbocycles. The smallest absolute Gasteiger partial charge is 0.0738 e. The van der Waals surface area contributed by atoms with Crippen molar-refractivity contribution < 1.29 is 4.74 Å². The highest BCUT2D eigenvalue weighted by Gasteiger charge is 2.17. The first kappa shape index (κ1) is 11.9. The van der Waals surface area contributed by atoms with E-state index in [2.05, 4.69) is 19.3 Å². The van der Waals surface area contributed by atoms with Crippen LogP contribution in [0.15, 0.2) is 0 Å². The van der Waals surface area contributed by atoms with E-state index in [-0.39, 0.29) is 6.10 Å². The molecule has 2 atom stereocenters. The summed E-state index contributed by atoms with van der Waals surface area (Å²) < 4.78 is 5.55. The molecule has 0 heterocycles. The van der Waals surface area contributed by atoms with Crippen LogP contribution in [0.3, 0.4) is 0 Å². The van der Waals surface area contributed by atoms with Gasteiger partial charge in [-0.05, 0) is 19.8 Å². The van der Waals surface area contributed by atoms with Crippen LogP contribution in [0.5, 0.6) is 0 Å². The van der Waals surface area contributed by atoms with Gasteiger partial charge >= 0.3 is 0 Å². The zero-order valence-corrected chi connectivity index (χ0v) is 8.47. The fourth-order valence-electron chi connectivity index (χ4n) is 1.42. The average molecular weight is 174 g/mol. The van der Waals surface area contributed by atoms with Crippen molar-refractivity contribution in [2.24, 2.45) is 5.84 Å². The molecule has 3 nitrogen and oxygen atoms in total. The summed E-state index contributed by atoms with van der Waals surface area (Å²) in [4.78, 5) is 0. The van der Waals surface area contributed by atoms with Crippen molar-refractivity contribution in [1.82, 2.24) is 5.43 Å². The highest BCUT2D eigenvalue weighted by Crippen LogP contribution is 2.08. The molecule has 3 N–H and O–H groups in total. The van der Waals surface area contributed by atoms with Crippen LogP contribution < -0.4 is 11.3 Å². The summed E-state index contributed by atoms with van der Waals surface area (Å²) >= 11 is 0. The summed E-state index contributed by atoms with van der Waals surface area (Å²) in [6, 6.07) is 0.306. The molecule has 0 rings (SSSR count). The van der Waals surface area contributed by atoms with Gasteiger partial charge in [0.25, 0.3) is 0 Å². The van der Waals surface area contributed by atoms with Crippen molar-refractivity contribution in [3.05, 3.63) is 0 Å². The van der Waals surface area contributed by atoms with Gasteiger partial charge < -0.3 is 4.74 Å². The van der Waals surface area contributed by atoms with E-state index in [1.165, 1.54) is 0 Å². The normalized spacial score (nSPS) is 16.0. The summed E-state index contributed by atoms with van der Waals surface area (Å²) in [5.74, 6) is 5.44. The zero-order valence-electron chi connectivity index (χ0n) is 8.47. The molecule has 0 aromatic carbocycles. The SMILES string of the molecule is CCCC(NN)C(CC)OCC. The fourth-order valence-corrected chi connectivity index (χ4v) is 1.42. The van der Waals surface area contributed by atoms with Crippen LogP contribution in [0.4, 0.5) is 0 Å². The van der Waals surface area contributed by atoms with Crippen molar-refractivity contribution in [1.29, 1.82) is 0 Å². The molecule has 2 unspecified atom stereocenters. The van der Waals surface area contributed by atoms with Crippen LogP contribution in [0.1, 0.15) is 40.0 Å². The molecule has 0 fully saturated rings. The monoisotopic (exact) mass is 174 g/mol. The maximum absolute atomic E-state index is 5.55. The Morgan fingerprint density at radius 3 is 2.33 bits per heavy atom. The largest absolute Gasteiger partial charge is 0.377 e. The van der Waals surface area contributed by atoms with Crippen LogP contribution >= 0.6 is 0 Å². The van der Waals surface area contributed by atoms with Crippen molar-refractivity contribution in [2.75, 3.05) is 6.61 Å². The lowest BCUT2D eigenvalue weighted by atomic mass is 10.0. The Morgan fingerprint density at radius 2 is 2.00 bits per heavy atom. The van der Waals surface area contributed by atoms with Crippen molar-refractivity contribution >= 4 is 0 Å². The highest BCUT2D eigenvalue weighted by atomic mass is 16.5. The molecule has 12 heavy (non-hydrogen) atoms. The van der Waals surface area contributed by atoms with Crippen molar-refractivity contribution in [3.8, 4) is 0 Å². The van der Waals surface area contributed by atoms with Crippen LogP contribution in [0.2, 0.25) is 0 Å². The Kier molecular flexibility index (Phi) is 7.45. The second-order valence-electron chi connectivity index (χ2n) is 2.96. The van der Waals surface area contributed by atoms with Gasteiger partial charge in [-0.3, -0.25) is 11.3 Å². The minimum atomic E-state index is 0.264. The van der Waals surface area contributed by atoms with E-state index in [1.54, 1.807) is 0 Å². The maximum atomic E-state index is 5.55. The van der Waals surface area contributed by atoms with Gasteiger partial charge in [0.1, 0.15) is 0 Å². The van der Waals surface area contributed by atoms with E-state index in [0.717, 1.165) is 25.9 Å². The van der Waals surface area contributed by atoms with Crippen LogP contribution in [-0.4, -0.2) is 18.8 Å². The molecule has 0 aliphatic rings. The number of nitrogens with two attached hydrogens (primary N) is 1. The maximum Gasteiger partial charge on any atom is 0.0738 e. The lowest BCUT2D eigenvalue weighted by molar-refractivity contribution is 0.0294. The van der Waals surface area contributed by atoms with Gasteiger partial charge in [0.15, 0.2) is 0 Å². The minimum absolute atomic E-state index is 0.264. The second-order valence-corrected chi connectivity index (χ2v) is 2.96. The quantitative estimate of drug-likeness (QED) is 0.453. The van der Waals surface area contributed by atoms with E-state index in [4.69, 9.17) is 10.6 Å². The van der Waals surface area contributed by atoms with Crippen molar-refractivity contribution in [3.63, 3.8) is 0 Å². The Balaban J connectivity index is 3.84. The predicted octanol–water partition coefficient (Wildman–Crippen LogP) is 1.43. The lowest BCUT2D eigenvalue weighted by Crippen LogP contribution is -2.44. The molecule has 0 saturated heterocycles. The van der Waals surface area contributed by atoms with Gasteiger partial charge in [-0.15, -0.1) is 0 Å². The third kappa shape index (κ3) is 4.04. The van der Waals surface area contributed by atoms with Gasteiger partial charge in [0.05, 0.1) is 6.10 Å². The lowest BCUT2D eigenvalue weighted by Gasteiger charge is -2.24. The van der Waals surface area contributed by atoms with Gasteiger partial charge in [-0.2, -0.15) is 0 Å². The summed E-state index contributed by atoms with van der Waals surface area (Å²) in [6.45, 7) is 7.06. The molecule has 0 bridgehead atoms. The van der Waals surface area contributed by atoms with Crippen LogP contribution in [0.25, 0.3) is 0 Å². The van der Waals surface area contributed by atoms with Gasteiger partial charge in [0, 0.05) is 12.6 Å². The molecular weight excluding hydrogens is 152 g/mol. The fraction of sp³-hybridized carbons (Fsp3) is 1.00. The molecule has 0 aliphatic carbocycles. The number of rotatable bonds is 7.